The van der Waals surface area contributed by atoms with E-state index in [1.54, 1.807) is 4.31 Å². The Labute approximate surface area is 159 Å². The number of rotatable bonds is 4. The maximum atomic E-state index is 13.4. The average Bonchev–Trinajstić information content (AvgIpc) is 3.16. The standard InChI is InChI=1S/C21H22N2O3S/c1-16-10-8-9-15-23(16)27(24,25)21-19(17-11-4-2-5-12-17)26-20(22-21)18-13-6-3-7-14-18/h2-7,11-14,16H,8-10,15H2,1H3/t16-/m0/s1. The molecule has 5 nitrogen and oxygen atoms in total. The molecule has 2 aromatic carbocycles. The van der Waals surface area contributed by atoms with Crippen molar-refractivity contribution in [3.63, 3.8) is 0 Å². The SMILES string of the molecule is C[C@H]1CCCCN1S(=O)(=O)c1nc(-c2ccccc2)oc1-c1ccccc1. The van der Waals surface area contributed by atoms with Crippen molar-refractivity contribution in [1.82, 2.24) is 9.29 Å². The Kier molecular flexibility index (Phi) is 4.85. The molecule has 1 atom stereocenters. The second-order valence-corrected chi connectivity index (χ2v) is 8.65. The van der Waals surface area contributed by atoms with Gasteiger partial charge in [0, 0.05) is 23.7 Å². The van der Waals surface area contributed by atoms with Crippen molar-refractivity contribution in [2.75, 3.05) is 6.54 Å². The molecule has 0 spiro atoms. The molecule has 6 heteroatoms. The molecule has 3 aromatic rings. The predicted octanol–water partition coefficient (Wildman–Crippen LogP) is 4.57. The van der Waals surface area contributed by atoms with E-state index in [1.165, 1.54) is 0 Å². The Bertz CT molecular complexity index is 1010. The topological polar surface area (TPSA) is 63.4 Å². The van der Waals surface area contributed by atoms with Crippen molar-refractivity contribution in [3.05, 3.63) is 60.7 Å². The lowest BCUT2D eigenvalue weighted by Crippen LogP contribution is -2.42. The molecule has 1 fully saturated rings. The summed E-state index contributed by atoms with van der Waals surface area (Å²) in [5, 5.41) is 0.00121. The maximum Gasteiger partial charge on any atom is 0.264 e. The number of benzene rings is 2. The summed E-state index contributed by atoms with van der Waals surface area (Å²) in [6.07, 6.45) is 2.78. The second kappa shape index (κ2) is 7.29. The van der Waals surface area contributed by atoms with Crippen LogP contribution >= 0.6 is 0 Å². The average molecular weight is 382 g/mol. The molecule has 140 valence electrons. The lowest BCUT2D eigenvalue weighted by atomic mass is 10.1. The minimum Gasteiger partial charge on any atom is -0.435 e. The van der Waals surface area contributed by atoms with Crippen LogP contribution in [0.2, 0.25) is 0 Å². The van der Waals surface area contributed by atoms with Gasteiger partial charge in [0.1, 0.15) is 0 Å². The van der Waals surface area contributed by atoms with Crippen molar-refractivity contribution in [2.24, 2.45) is 0 Å². The Morgan fingerprint density at radius 1 is 0.963 bits per heavy atom. The van der Waals surface area contributed by atoms with E-state index in [1.807, 2.05) is 67.6 Å². The minimum absolute atomic E-state index is 0.00121. The van der Waals surface area contributed by atoms with E-state index in [-0.39, 0.29) is 11.1 Å². The quantitative estimate of drug-likeness (QED) is 0.663. The highest BCUT2D eigenvalue weighted by atomic mass is 32.2. The van der Waals surface area contributed by atoms with E-state index < -0.39 is 10.0 Å². The molecule has 1 aromatic heterocycles. The van der Waals surface area contributed by atoms with Gasteiger partial charge in [-0.1, -0.05) is 55.0 Å². The molecule has 0 bridgehead atoms. The fraction of sp³-hybridized carbons (Fsp3) is 0.286. The summed E-state index contributed by atoms with van der Waals surface area (Å²) in [6, 6.07) is 18.6. The Morgan fingerprint density at radius 2 is 1.59 bits per heavy atom. The minimum atomic E-state index is -3.75. The monoisotopic (exact) mass is 382 g/mol. The Hall–Kier alpha value is -2.44. The fourth-order valence-electron chi connectivity index (χ4n) is 3.50. The van der Waals surface area contributed by atoms with Gasteiger partial charge in [-0.25, -0.2) is 8.42 Å². The van der Waals surface area contributed by atoms with Gasteiger partial charge in [-0.2, -0.15) is 9.29 Å². The number of hydrogen-bond donors (Lipinski definition) is 0. The first-order valence-electron chi connectivity index (χ1n) is 9.21. The van der Waals surface area contributed by atoms with Crippen LogP contribution in [0.3, 0.4) is 0 Å². The third kappa shape index (κ3) is 3.42. The van der Waals surface area contributed by atoms with Crippen LogP contribution in [-0.4, -0.2) is 30.3 Å². The zero-order valence-corrected chi connectivity index (χ0v) is 16.0. The first-order valence-corrected chi connectivity index (χ1v) is 10.6. The Balaban J connectivity index is 1.87. The van der Waals surface area contributed by atoms with Crippen LogP contribution < -0.4 is 0 Å². The lowest BCUT2D eigenvalue weighted by Gasteiger charge is -2.31. The van der Waals surface area contributed by atoms with E-state index >= 15 is 0 Å². The maximum absolute atomic E-state index is 13.4. The summed E-state index contributed by atoms with van der Waals surface area (Å²) in [5.74, 6) is 0.616. The zero-order valence-electron chi connectivity index (χ0n) is 15.2. The normalized spacial score (nSPS) is 18.5. The smallest absolute Gasteiger partial charge is 0.264 e. The van der Waals surface area contributed by atoms with Gasteiger partial charge in [0.15, 0.2) is 5.76 Å². The summed E-state index contributed by atoms with van der Waals surface area (Å²) >= 11 is 0. The van der Waals surface area contributed by atoms with Crippen LogP contribution in [0.25, 0.3) is 22.8 Å². The van der Waals surface area contributed by atoms with Crippen molar-refractivity contribution >= 4 is 10.0 Å². The predicted molar refractivity (Wildman–Crippen MR) is 105 cm³/mol. The summed E-state index contributed by atoms with van der Waals surface area (Å²) in [7, 11) is -3.75. The number of aromatic nitrogens is 1. The number of hydrogen-bond acceptors (Lipinski definition) is 4. The number of oxazole rings is 1. The van der Waals surface area contributed by atoms with Crippen LogP contribution in [-0.2, 0) is 10.0 Å². The number of nitrogens with zero attached hydrogens (tertiary/aromatic N) is 2. The van der Waals surface area contributed by atoms with Crippen molar-refractivity contribution < 1.29 is 12.8 Å². The van der Waals surface area contributed by atoms with Crippen molar-refractivity contribution in [3.8, 4) is 22.8 Å². The van der Waals surface area contributed by atoms with Gasteiger partial charge >= 0.3 is 0 Å². The molecule has 0 radical (unpaired) electrons. The number of sulfonamides is 1. The summed E-state index contributed by atoms with van der Waals surface area (Å²) in [5.41, 5.74) is 1.46. The highest BCUT2D eigenvalue weighted by Crippen LogP contribution is 2.35. The lowest BCUT2D eigenvalue weighted by molar-refractivity contribution is 0.268. The highest BCUT2D eigenvalue weighted by molar-refractivity contribution is 7.89. The van der Waals surface area contributed by atoms with E-state index in [9.17, 15) is 8.42 Å². The van der Waals surface area contributed by atoms with Crippen molar-refractivity contribution in [1.29, 1.82) is 0 Å². The molecule has 4 rings (SSSR count). The van der Waals surface area contributed by atoms with Gasteiger partial charge in [0.05, 0.1) is 0 Å². The third-order valence-corrected chi connectivity index (χ3v) is 6.87. The molecule has 0 saturated carbocycles. The first-order chi connectivity index (χ1) is 13.1. The van der Waals surface area contributed by atoms with Gasteiger partial charge in [-0.15, -0.1) is 0 Å². The van der Waals surface area contributed by atoms with Gasteiger partial charge in [0.2, 0.25) is 10.9 Å². The molecule has 0 unspecified atom stereocenters. The first kappa shape index (κ1) is 17.9. The van der Waals surface area contributed by atoms with Gasteiger partial charge < -0.3 is 4.42 Å². The molecule has 1 saturated heterocycles. The van der Waals surface area contributed by atoms with Crippen LogP contribution in [0.4, 0.5) is 0 Å². The van der Waals surface area contributed by atoms with Crippen LogP contribution in [0.5, 0.6) is 0 Å². The largest absolute Gasteiger partial charge is 0.435 e. The molecular weight excluding hydrogens is 360 g/mol. The third-order valence-electron chi connectivity index (χ3n) is 4.95. The summed E-state index contributed by atoms with van der Waals surface area (Å²) in [6.45, 7) is 2.47. The van der Waals surface area contributed by atoms with Crippen molar-refractivity contribution in [2.45, 2.75) is 37.3 Å². The van der Waals surface area contributed by atoms with Gasteiger partial charge in [-0.3, -0.25) is 0 Å². The fourth-order valence-corrected chi connectivity index (χ4v) is 5.26. The van der Waals surface area contributed by atoms with E-state index in [0.29, 0.717) is 23.8 Å². The Morgan fingerprint density at radius 3 is 2.22 bits per heavy atom. The summed E-state index contributed by atoms with van der Waals surface area (Å²) < 4.78 is 34.4. The number of piperidine rings is 1. The van der Waals surface area contributed by atoms with E-state index in [2.05, 4.69) is 4.98 Å². The van der Waals surface area contributed by atoms with Gasteiger partial charge in [-0.05, 0) is 31.9 Å². The van der Waals surface area contributed by atoms with Crippen LogP contribution in [0.1, 0.15) is 26.2 Å². The van der Waals surface area contributed by atoms with Crippen LogP contribution in [0, 0.1) is 0 Å². The summed E-state index contributed by atoms with van der Waals surface area (Å²) in [4.78, 5) is 4.44. The molecule has 27 heavy (non-hydrogen) atoms. The van der Waals surface area contributed by atoms with Crippen LogP contribution in [0.15, 0.2) is 70.1 Å². The zero-order chi connectivity index (χ0) is 18.9. The molecule has 1 aliphatic rings. The molecule has 0 aliphatic carbocycles. The molecular formula is C21H22N2O3S. The molecule has 0 amide bonds. The van der Waals surface area contributed by atoms with E-state index in [4.69, 9.17) is 4.42 Å². The highest BCUT2D eigenvalue weighted by Gasteiger charge is 2.36. The second-order valence-electron chi connectivity index (χ2n) is 6.85. The molecule has 2 heterocycles. The molecule has 1 aliphatic heterocycles. The molecule has 0 N–H and O–H groups in total. The van der Waals surface area contributed by atoms with E-state index in [0.717, 1.165) is 24.8 Å². The van der Waals surface area contributed by atoms with Gasteiger partial charge in [0.25, 0.3) is 10.0 Å².